The van der Waals surface area contributed by atoms with Gasteiger partial charge in [0.1, 0.15) is 5.84 Å². The number of amidine groups is 1. The molecule has 0 aromatic rings. The highest BCUT2D eigenvalue weighted by molar-refractivity contribution is 5.92. The Morgan fingerprint density at radius 2 is 2.13 bits per heavy atom. The van der Waals surface area contributed by atoms with E-state index in [1.165, 1.54) is 5.57 Å². The second-order valence-corrected chi connectivity index (χ2v) is 4.80. The van der Waals surface area contributed by atoms with Crippen molar-refractivity contribution >= 4 is 5.84 Å². The van der Waals surface area contributed by atoms with E-state index in [2.05, 4.69) is 50.1 Å². The maximum absolute atomic E-state index is 6.11. The largest absolute Gasteiger partial charge is 0.386 e. The van der Waals surface area contributed by atoms with Gasteiger partial charge in [0.25, 0.3) is 0 Å². The van der Waals surface area contributed by atoms with E-state index in [9.17, 15) is 0 Å². The first kappa shape index (κ1) is 10.2. The summed E-state index contributed by atoms with van der Waals surface area (Å²) in [6, 6.07) is 0. The molecule has 0 saturated heterocycles. The van der Waals surface area contributed by atoms with Gasteiger partial charge in [0, 0.05) is 5.70 Å². The molecule has 1 aliphatic carbocycles. The summed E-state index contributed by atoms with van der Waals surface area (Å²) in [5, 5.41) is 0. The predicted molar refractivity (Wildman–Crippen MR) is 64.5 cm³/mol. The summed E-state index contributed by atoms with van der Waals surface area (Å²) in [5.74, 6) is 1.17. The van der Waals surface area contributed by atoms with Gasteiger partial charge in [0.05, 0.1) is 5.41 Å². The monoisotopic (exact) mass is 202 g/mol. The molecule has 0 fully saturated rings. The smallest absolute Gasteiger partial charge is 0.110 e. The summed E-state index contributed by atoms with van der Waals surface area (Å²) < 4.78 is 0. The van der Waals surface area contributed by atoms with Crippen molar-refractivity contribution in [2.75, 3.05) is 0 Å². The SMILES string of the molecule is CC(C)C1=CC=C2C=CCC2(C)C(N)=N1. The molecule has 1 aliphatic heterocycles. The number of nitrogens with two attached hydrogens (primary N) is 1. The zero-order valence-electron chi connectivity index (χ0n) is 9.62. The maximum atomic E-state index is 6.11. The summed E-state index contributed by atoms with van der Waals surface area (Å²) in [4.78, 5) is 4.55. The lowest BCUT2D eigenvalue weighted by Crippen LogP contribution is -2.33. The molecule has 2 nitrogen and oxygen atoms in total. The number of allylic oxidation sites excluding steroid dienone is 5. The number of fused-ring (bicyclic) bond motifs is 1. The minimum Gasteiger partial charge on any atom is -0.386 e. The minimum absolute atomic E-state index is 0.0762. The van der Waals surface area contributed by atoms with Crippen LogP contribution in [0.4, 0.5) is 0 Å². The average molecular weight is 202 g/mol. The Bertz CT molecular complexity index is 394. The fourth-order valence-electron chi connectivity index (χ4n) is 2.01. The fourth-order valence-corrected chi connectivity index (χ4v) is 2.01. The highest BCUT2D eigenvalue weighted by Crippen LogP contribution is 2.40. The van der Waals surface area contributed by atoms with Gasteiger partial charge in [-0.3, -0.25) is 0 Å². The van der Waals surface area contributed by atoms with E-state index in [0.29, 0.717) is 5.92 Å². The topological polar surface area (TPSA) is 38.4 Å². The molecule has 0 bridgehead atoms. The number of nitrogens with zero attached hydrogens (tertiary/aromatic N) is 1. The average Bonchev–Trinajstić information content (AvgIpc) is 2.50. The van der Waals surface area contributed by atoms with Crippen molar-refractivity contribution in [3.8, 4) is 0 Å². The summed E-state index contributed by atoms with van der Waals surface area (Å²) in [6.07, 6.45) is 9.54. The third-order valence-corrected chi connectivity index (χ3v) is 3.30. The number of hydrogen-bond donors (Lipinski definition) is 1. The molecular formula is C13H18N2. The van der Waals surface area contributed by atoms with Crippen molar-refractivity contribution < 1.29 is 0 Å². The van der Waals surface area contributed by atoms with Crippen LogP contribution in [0.25, 0.3) is 0 Å². The van der Waals surface area contributed by atoms with E-state index in [1.54, 1.807) is 0 Å². The molecule has 80 valence electrons. The Morgan fingerprint density at radius 1 is 1.40 bits per heavy atom. The molecule has 15 heavy (non-hydrogen) atoms. The van der Waals surface area contributed by atoms with Gasteiger partial charge in [0.2, 0.25) is 0 Å². The predicted octanol–water partition coefficient (Wildman–Crippen LogP) is 2.79. The lowest BCUT2D eigenvalue weighted by Gasteiger charge is -2.24. The van der Waals surface area contributed by atoms with Crippen LogP contribution in [-0.2, 0) is 0 Å². The van der Waals surface area contributed by atoms with Crippen LogP contribution in [0.1, 0.15) is 27.2 Å². The molecule has 0 aromatic heterocycles. The van der Waals surface area contributed by atoms with Crippen LogP contribution in [0.2, 0.25) is 0 Å². The molecule has 0 radical (unpaired) electrons. The Labute approximate surface area is 91.3 Å². The van der Waals surface area contributed by atoms with E-state index >= 15 is 0 Å². The van der Waals surface area contributed by atoms with Crippen LogP contribution in [0, 0.1) is 11.3 Å². The van der Waals surface area contributed by atoms with Crippen LogP contribution in [0.5, 0.6) is 0 Å². The van der Waals surface area contributed by atoms with Crippen molar-refractivity contribution in [3.63, 3.8) is 0 Å². The first-order chi connectivity index (χ1) is 7.04. The van der Waals surface area contributed by atoms with Crippen molar-refractivity contribution in [3.05, 3.63) is 35.6 Å². The van der Waals surface area contributed by atoms with Crippen molar-refractivity contribution in [2.24, 2.45) is 22.1 Å². The third kappa shape index (κ3) is 1.54. The molecule has 0 amide bonds. The van der Waals surface area contributed by atoms with Crippen LogP contribution >= 0.6 is 0 Å². The Kier molecular flexibility index (Phi) is 2.29. The Morgan fingerprint density at radius 3 is 2.80 bits per heavy atom. The first-order valence-electron chi connectivity index (χ1n) is 5.47. The number of hydrogen-bond acceptors (Lipinski definition) is 2. The zero-order valence-corrected chi connectivity index (χ0v) is 9.62. The molecule has 0 aromatic carbocycles. The second-order valence-electron chi connectivity index (χ2n) is 4.80. The van der Waals surface area contributed by atoms with E-state index in [1.807, 2.05) is 0 Å². The van der Waals surface area contributed by atoms with Crippen LogP contribution in [-0.4, -0.2) is 5.84 Å². The number of rotatable bonds is 1. The van der Waals surface area contributed by atoms with Gasteiger partial charge in [-0.25, -0.2) is 4.99 Å². The lowest BCUT2D eigenvalue weighted by molar-refractivity contribution is 0.595. The number of aliphatic imine (C=N–C) groups is 1. The normalized spacial score (nSPS) is 29.5. The molecular weight excluding hydrogens is 184 g/mol. The molecule has 2 N–H and O–H groups in total. The quantitative estimate of drug-likeness (QED) is 0.697. The van der Waals surface area contributed by atoms with Gasteiger partial charge in [-0.2, -0.15) is 0 Å². The lowest BCUT2D eigenvalue weighted by atomic mass is 9.82. The molecule has 2 aliphatic rings. The second kappa shape index (κ2) is 3.37. The molecule has 1 unspecified atom stereocenters. The van der Waals surface area contributed by atoms with Gasteiger partial charge in [-0.1, -0.05) is 32.1 Å². The zero-order chi connectivity index (χ0) is 11.1. The van der Waals surface area contributed by atoms with Gasteiger partial charge >= 0.3 is 0 Å². The molecule has 0 spiro atoms. The highest BCUT2D eigenvalue weighted by Gasteiger charge is 2.35. The third-order valence-electron chi connectivity index (χ3n) is 3.30. The molecule has 1 heterocycles. The van der Waals surface area contributed by atoms with E-state index < -0.39 is 0 Å². The summed E-state index contributed by atoms with van der Waals surface area (Å²) in [7, 11) is 0. The van der Waals surface area contributed by atoms with Crippen molar-refractivity contribution in [2.45, 2.75) is 27.2 Å². The standard InChI is InChI=1S/C13H18N2/c1-9(2)11-7-6-10-5-4-8-13(10,3)12(14)15-11/h4-7,9H,8H2,1-3H3,(H2,14,15). The van der Waals surface area contributed by atoms with Gasteiger partial charge in [-0.05, 0) is 30.9 Å². The van der Waals surface area contributed by atoms with E-state index in [0.717, 1.165) is 18.0 Å². The minimum atomic E-state index is -0.0762. The van der Waals surface area contributed by atoms with Crippen molar-refractivity contribution in [1.82, 2.24) is 0 Å². The maximum Gasteiger partial charge on any atom is 0.110 e. The fraction of sp³-hybridized carbons (Fsp3) is 0.462. The van der Waals surface area contributed by atoms with Crippen LogP contribution in [0.3, 0.4) is 0 Å². The van der Waals surface area contributed by atoms with Crippen molar-refractivity contribution in [1.29, 1.82) is 0 Å². The summed E-state index contributed by atoms with van der Waals surface area (Å²) in [5.41, 5.74) is 8.38. The van der Waals surface area contributed by atoms with Gasteiger partial charge in [-0.15, -0.1) is 0 Å². The Balaban J connectivity index is 2.48. The van der Waals surface area contributed by atoms with Gasteiger partial charge in [0.15, 0.2) is 0 Å². The van der Waals surface area contributed by atoms with Crippen LogP contribution < -0.4 is 5.73 Å². The molecule has 2 rings (SSSR count). The van der Waals surface area contributed by atoms with E-state index in [-0.39, 0.29) is 5.41 Å². The summed E-state index contributed by atoms with van der Waals surface area (Å²) in [6.45, 7) is 6.44. The Hall–Kier alpha value is -1.31. The molecule has 2 heteroatoms. The first-order valence-corrected chi connectivity index (χ1v) is 5.47. The summed E-state index contributed by atoms with van der Waals surface area (Å²) >= 11 is 0. The molecule has 1 atom stereocenters. The highest BCUT2D eigenvalue weighted by atomic mass is 14.9. The van der Waals surface area contributed by atoms with Gasteiger partial charge < -0.3 is 5.73 Å². The van der Waals surface area contributed by atoms with Crippen LogP contribution in [0.15, 0.2) is 40.6 Å². The van der Waals surface area contributed by atoms with E-state index in [4.69, 9.17) is 5.73 Å². The molecule has 0 saturated carbocycles.